The second-order valence-electron chi connectivity index (χ2n) is 7.23. The molecule has 0 heterocycles. The van der Waals surface area contributed by atoms with Crippen molar-refractivity contribution in [2.45, 2.75) is 6.92 Å². The van der Waals surface area contributed by atoms with Crippen LogP contribution in [0.1, 0.15) is 22.8 Å². The van der Waals surface area contributed by atoms with Crippen molar-refractivity contribution in [2.24, 2.45) is 5.10 Å². The third-order valence-corrected chi connectivity index (χ3v) is 5.05. The Morgan fingerprint density at radius 1 is 0.972 bits per heavy atom. The standard InChI is InChI=1S/C26H26ClN3O6/c1-4-35-23-13-17(15-28-30-26(32)18-8-7-9-19(14-18)33-2)12-20(27)25(23)36-16-24(31)29-21-10-5-6-11-22(21)34-3/h5-15H,4,16H2,1-3H3,(H,29,31)(H,30,32)/b28-15+. The summed E-state index contributed by atoms with van der Waals surface area (Å²) in [7, 11) is 3.04. The number of benzene rings is 3. The van der Waals surface area contributed by atoms with Crippen LogP contribution in [0, 0.1) is 0 Å². The first-order valence-corrected chi connectivity index (χ1v) is 11.3. The molecule has 9 nitrogen and oxygen atoms in total. The summed E-state index contributed by atoms with van der Waals surface area (Å²) in [6.07, 6.45) is 1.42. The molecule has 0 aromatic heterocycles. The molecule has 0 aliphatic heterocycles. The van der Waals surface area contributed by atoms with Crippen LogP contribution in [0.25, 0.3) is 0 Å². The second-order valence-corrected chi connectivity index (χ2v) is 7.64. The van der Waals surface area contributed by atoms with E-state index in [-0.39, 0.29) is 17.4 Å². The van der Waals surface area contributed by atoms with Gasteiger partial charge in [-0.05, 0) is 55.0 Å². The molecular weight excluding hydrogens is 486 g/mol. The predicted octanol–water partition coefficient (Wildman–Crippen LogP) is 4.54. The van der Waals surface area contributed by atoms with Gasteiger partial charge in [0.15, 0.2) is 18.1 Å². The zero-order valence-corrected chi connectivity index (χ0v) is 20.8. The number of amides is 2. The number of anilines is 1. The lowest BCUT2D eigenvalue weighted by Gasteiger charge is -2.15. The SMILES string of the molecule is CCOc1cc(/C=N/NC(=O)c2cccc(OC)c2)cc(Cl)c1OCC(=O)Nc1ccccc1OC. The minimum Gasteiger partial charge on any atom is -0.497 e. The van der Waals surface area contributed by atoms with Gasteiger partial charge in [-0.25, -0.2) is 5.43 Å². The van der Waals surface area contributed by atoms with Crippen LogP contribution in [-0.2, 0) is 4.79 Å². The Morgan fingerprint density at radius 3 is 2.53 bits per heavy atom. The molecule has 0 aliphatic rings. The van der Waals surface area contributed by atoms with E-state index in [1.54, 1.807) is 67.6 Å². The molecule has 0 saturated heterocycles. The highest BCUT2D eigenvalue weighted by Crippen LogP contribution is 2.36. The van der Waals surface area contributed by atoms with Crippen molar-refractivity contribution in [1.29, 1.82) is 0 Å². The Bertz CT molecular complexity index is 1250. The molecule has 0 fully saturated rings. The largest absolute Gasteiger partial charge is 0.497 e. The number of rotatable bonds is 11. The van der Waals surface area contributed by atoms with Crippen LogP contribution in [0.5, 0.6) is 23.0 Å². The first-order chi connectivity index (χ1) is 17.4. The summed E-state index contributed by atoms with van der Waals surface area (Å²) in [5, 5.41) is 6.93. The van der Waals surface area contributed by atoms with Crippen LogP contribution in [0.15, 0.2) is 65.8 Å². The summed E-state index contributed by atoms with van der Waals surface area (Å²) in [5.74, 6) is 0.834. The van der Waals surface area contributed by atoms with Crippen molar-refractivity contribution in [1.82, 2.24) is 5.43 Å². The Kier molecular flexibility index (Phi) is 9.53. The summed E-state index contributed by atoms with van der Waals surface area (Å²) in [4.78, 5) is 24.7. The lowest BCUT2D eigenvalue weighted by atomic mass is 10.2. The van der Waals surface area contributed by atoms with Crippen molar-refractivity contribution in [3.63, 3.8) is 0 Å². The lowest BCUT2D eigenvalue weighted by Crippen LogP contribution is -2.21. The van der Waals surface area contributed by atoms with Gasteiger partial charge < -0.3 is 24.3 Å². The molecule has 0 unspecified atom stereocenters. The van der Waals surface area contributed by atoms with E-state index in [4.69, 9.17) is 30.5 Å². The fraction of sp³-hybridized carbons (Fsp3) is 0.192. The number of hydrogen-bond donors (Lipinski definition) is 2. The van der Waals surface area contributed by atoms with Crippen LogP contribution >= 0.6 is 11.6 Å². The van der Waals surface area contributed by atoms with Gasteiger partial charge in [0.25, 0.3) is 11.8 Å². The number of hydrogen-bond acceptors (Lipinski definition) is 7. The van der Waals surface area contributed by atoms with Crippen molar-refractivity contribution in [3.05, 3.63) is 76.8 Å². The van der Waals surface area contributed by atoms with E-state index < -0.39 is 11.8 Å². The van der Waals surface area contributed by atoms with Gasteiger partial charge in [0.1, 0.15) is 11.5 Å². The topological polar surface area (TPSA) is 107 Å². The predicted molar refractivity (Wildman–Crippen MR) is 138 cm³/mol. The summed E-state index contributed by atoms with van der Waals surface area (Å²) in [5.41, 5.74) is 3.93. The number of carbonyl (C=O) groups is 2. The molecular formula is C26H26ClN3O6. The highest BCUT2D eigenvalue weighted by Gasteiger charge is 2.15. The maximum Gasteiger partial charge on any atom is 0.271 e. The highest BCUT2D eigenvalue weighted by atomic mass is 35.5. The summed E-state index contributed by atoms with van der Waals surface area (Å²) in [6.45, 7) is 1.84. The Labute approximate surface area is 214 Å². The number of ether oxygens (including phenoxy) is 4. The zero-order chi connectivity index (χ0) is 25.9. The van der Waals surface area contributed by atoms with E-state index in [2.05, 4.69) is 15.8 Å². The molecule has 0 aliphatic carbocycles. The number of nitrogens with one attached hydrogen (secondary N) is 2. The first kappa shape index (κ1) is 26.4. The Hall–Kier alpha value is -4.24. The van der Waals surface area contributed by atoms with Crippen LogP contribution in [0.4, 0.5) is 5.69 Å². The monoisotopic (exact) mass is 511 g/mol. The van der Waals surface area contributed by atoms with Crippen LogP contribution < -0.4 is 29.7 Å². The summed E-state index contributed by atoms with van der Waals surface area (Å²) >= 11 is 6.41. The highest BCUT2D eigenvalue weighted by molar-refractivity contribution is 6.32. The van der Waals surface area contributed by atoms with Crippen molar-refractivity contribution >= 4 is 35.3 Å². The van der Waals surface area contributed by atoms with Gasteiger partial charge in [-0.2, -0.15) is 5.10 Å². The van der Waals surface area contributed by atoms with Gasteiger partial charge >= 0.3 is 0 Å². The maximum absolute atomic E-state index is 12.4. The van der Waals surface area contributed by atoms with Gasteiger partial charge in [-0.3, -0.25) is 9.59 Å². The van der Waals surface area contributed by atoms with Crippen molar-refractivity contribution in [2.75, 3.05) is 32.8 Å². The van der Waals surface area contributed by atoms with Crippen molar-refractivity contribution < 1.29 is 28.5 Å². The molecule has 0 spiro atoms. The molecule has 3 rings (SSSR count). The lowest BCUT2D eigenvalue weighted by molar-refractivity contribution is -0.118. The number of methoxy groups -OCH3 is 2. The van der Waals surface area contributed by atoms with E-state index in [0.717, 1.165) is 0 Å². The van der Waals surface area contributed by atoms with E-state index in [1.165, 1.54) is 20.4 Å². The van der Waals surface area contributed by atoms with Gasteiger partial charge in [-0.1, -0.05) is 29.8 Å². The Balaban J connectivity index is 1.67. The molecule has 36 heavy (non-hydrogen) atoms. The molecule has 0 bridgehead atoms. The van der Waals surface area contributed by atoms with Crippen LogP contribution in [0.2, 0.25) is 5.02 Å². The molecule has 2 N–H and O–H groups in total. The van der Waals surface area contributed by atoms with E-state index >= 15 is 0 Å². The quantitative estimate of drug-likeness (QED) is 0.289. The number of para-hydroxylation sites is 2. The molecule has 0 radical (unpaired) electrons. The third-order valence-electron chi connectivity index (χ3n) is 4.77. The smallest absolute Gasteiger partial charge is 0.271 e. The van der Waals surface area contributed by atoms with E-state index in [1.807, 2.05) is 0 Å². The number of halogens is 1. The van der Waals surface area contributed by atoms with Gasteiger partial charge in [0.2, 0.25) is 0 Å². The van der Waals surface area contributed by atoms with Crippen molar-refractivity contribution in [3.8, 4) is 23.0 Å². The molecule has 3 aromatic rings. The van der Waals surface area contributed by atoms with Gasteiger partial charge in [0, 0.05) is 5.56 Å². The zero-order valence-electron chi connectivity index (χ0n) is 20.0. The molecule has 0 saturated carbocycles. The molecule has 10 heteroatoms. The van der Waals surface area contributed by atoms with Gasteiger partial charge in [0.05, 0.1) is 37.8 Å². The normalized spacial score (nSPS) is 10.6. The molecule has 2 amide bonds. The maximum atomic E-state index is 12.4. The summed E-state index contributed by atoms with van der Waals surface area (Å²) < 4.78 is 21.7. The number of hydrazone groups is 1. The van der Waals surface area contributed by atoms with Crippen LogP contribution in [-0.4, -0.2) is 45.5 Å². The first-order valence-electron chi connectivity index (χ1n) is 10.9. The van der Waals surface area contributed by atoms with E-state index in [9.17, 15) is 9.59 Å². The Morgan fingerprint density at radius 2 is 1.78 bits per heavy atom. The fourth-order valence-electron chi connectivity index (χ4n) is 3.13. The minimum absolute atomic E-state index is 0.214. The summed E-state index contributed by atoms with van der Waals surface area (Å²) in [6, 6.07) is 17.0. The molecule has 188 valence electrons. The minimum atomic E-state index is -0.401. The third kappa shape index (κ3) is 7.13. The van der Waals surface area contributed by atoms with Crippen LogP contribution in [0.3, 0.4) is 0 Å². The molecule has 3 aromatic carbocycles. The second kappa shape index (κ2) is 13.0. The van der Waals surface area contributed by atoms with Gasteiger partial charge in [-0.15, -0.1) is 0 Å². The number of nitrogens with zero attached hydrogens (tertiary/aromatic N) is 1. The average Bonchev–Trinajstić information content (AvgIpc) is 2.88. The van der Waals surface area contributed by atoms with E-state index in [0.29, 0.717) is 40.7 Å². The fourth-order valence-corrected chi connectivity index (χ4v) is 3.41. The average molecular weight is 512 g/mol. The molecule has 0 atom stereocenters. The number of carbonyl (C=O) groups excluding carboxylic acids is 2.